The van der Waals surface area contributed by atoms with Gasteiger partial charge in [0.1, 0.15) is 10.6 Å². The van der Waals surface area contributed by atoms with E-state index in [4.69, 9.17) is 0 Å². The predicted molar refractivity (Wildman–Crippen MR) is 126 cm³/mol. The summed E-state index contributed by atoms with van der Waals surface area (Å²) >= 11 is 1.33. The van der Waals surface area contributed by atoms with Gasteiger partial charge in [0.05, 0.1) is 5.69 Å². The molecule has 0 radical (unpaired) electrons. The number of sulfonamides is 1. The molecule has 1 N–H and O–H groups in total. The van der Waals surface area contributed by atoms with Gasteiger partial charge in [-0.25, -0.2) is 13.4 Å². The highest BCUT2D eigenvalue weighted by atomic mass is 32.2. The number of hydrogen-bond donors (Lipinski definition) is 1. The van der Waals surface area contributed by atoms with Crippen molar-refractivity contribution in [2.45, 2.75) is 17.7 Å². The first kappa shape index (κ1) is 20.9. The minimum Gasteiger partial charge on any atom is -0.345 e. The molecule has 2 aromatic carbocycles. The number of rotatable bonds is 5. The van der Waals surface area contributed by atoms with Crippen molar-refractivity contribution in [3.05, 3.63) is 65.8 Å². The number of benzene rings is 2. The summed E-state index contributed by atoms with van der Waals surface area (Å²) in [4.78, 5) is 17.5. The lowest BCUT2D eigenvalue weighted by atomic mass is 10.1. The average Bonchev–Trinajstić information content (AvgIpc) is 3.54. The van der Waals surface area contributed by atoms with Gasteiger partial charge in [-0.15, -0.1) is 11.3 Å². The van der Waals surface area contributed by atoms with E-state index < -0.39 is 15.9 Å². The molecule has 1 amide bonds. The summed E-state index contributed by atoms with van der Waals surface area (Å²) in [5, 5.41) is 7.44. The van der Waals surface area contributed by atoms with E-state index in [2.05, 4.69) is 34.6 Å². The van der Waals surface area contributed by atoms with Crippen LogP contribution in [0.15, 0.2) is 65.0 Å². The Bertz CT molecular complexity index is 1420. The summed E-state index contributed by atoms with van der Waals surface area (Å²) < 4.78 is 28.6. The Hall–Kier alpha value is -3.01. The molecule has 1 aliphatic rings. The van der Waals surface area contributed by atoms with Crippen molar-refractivity contribution in [3.8, 4) is 11.3 Å². The second-order valence-corrected chi connectivity index (χ2v) is 10.6. The number of aromatic nitrogens is 2. The van der Waals surface area contributed by atoms with Gasteiger partial charge in [-0.3, -0.25) is 10.1 Å². The molecule has 2 aromatic heterocycles. The average molecular weight is 467 g/mol. The summed E-state index contributed by atoms with van der Waals surface area (Å²) in [7, 11) is -1.91. The first-order chi connectivity index (χ1) is 15.4. The highest BCUT2D eigenvalue weighted by molar-refractivity contribution is 7.89. The van der Waals surface area contributed by atoms with Gasteiger partial charge in [0.25, 0.3) is 5.91 Å². The quantitative estimate of drug-likeness (QED) is 0.474. The van der Waals surface area contributed by atoms with Gasteiger partial charge in [0, 0.05) is 37.3 Å². The molecule has 1 fully saturated rings. The minimum absolute atomic E-state index is 0.142. The third-order valence-electron chi connectivity index (χ3n) is 5.69. The number of nitrogens with one attached hydrogen (secondary N) is 1. The number of anilines is 1. The molecule has 1 saturated heterocycles. The van der Waals surface area contributed by atoms with Crippen molar-refractivity contribution in [1.29, 1.82) is 0 Å². The molecule has 0 saturated carbocycles. The maximum atomic E-state index is 12.8. The van der Waals surface area contributed by atoms with Crippen LogP contribution in [-0.2, 0) is 17.1 Å². The Balaban J connectivity index is 1.35. The molecule has 3 heterocycles. The van der Waals surface area contributed by atoms with Crippen LogP contribution in [-0.4, -0.2) is 41.3 Å². The molecule has 4 aromatic rings. The Labute approximate surface area is 190 Å². The SMILES string of the molecule is Cn1cc(S(=O)(=O)N2CCCC2)cc1C(=O)Nc1nc(-c2ccc3ccccc3c2)cs1. The van der Waals surface area contributed by atoms with Gasteiger partial charge in [0.2, 0.25) is 10.0 Å². The van der Waals surface area contributed by atoms with Crippen LogP contribution in [0.5, 0.6) is 0 Å². The molecular weight excluding hydrogens is 444 g/mol. The molecule has 0 unspecified atom stereocenters. The molecule has 0 spiro atoms. The Morgan fingerprint density at radius 1 is 1.06 bits per heavy atom. The minimum atomic E-state index is -3.58. The number of carbonyl (C=O) groups is 1. The second-order valence-electron chi connectivity index (χ2n) is 7.84. The van der Waals surface area contributed by atoms with Crippen LogP contribution in [0.1, 0.15) is 23.3 Å². The van der Waals surface area contributed by atoms with Crippen molar-refractivity contribution in [2.24, 2.45) is 7.05 Å². The molecule has 0 aliphatic carbocycles. The highest BCUT2D eigenvalue weighted by Gasteiger charge is 2.29. The van der Waals surface area contributed by atoms with E-state index in [0.29, 0.717) is 18.2 Å². The van der Waals surface area contributed by atoms with E-state index in [1.165, 1.54) is 32.5 Å². The van der Waals surface area contributed by atoms with Gasteiger partial charge >= 0.3 is 0 Å². The second kappa shape index (κ2) is 8.16. The van der Waals surface area contributed by atoms with Crippen LogP contribution in [0.3, 0.4) is 0 Å². The van der Waals surface area contributed by atoms with Crippen LogP contribution in [0, 0.1) is 0 Å². The molecule has 1 aliphatic heterocycles. The number of fused-ring (bicyclic) bond motifs is 1. The topological polar surface area (TPSA) is 84.3 Å². The van der Waals surface area contributed by atoms with Crippen molar-refractivity contribution in [2.75, 3.05) is 18.4 Å². The van der Waals surface area contributed by atoms with Gasteiger partial charge in [-0.2, -0.15) is 4.31 Å². The molecule has 0 bridgehead atoms. The normalized spacial score (nSPS) is 14.8. The van der Waals surface area contributed by atoms with Crippen LogP contribution < -0.4 is 5.32 Å². The van der Waals surface area contributed by atoms with Crippen molar-refractivity contribution >= 4 is 43.2 Å². The monoisotopic (exact) mass is 466 g/mol. The first-order valence-corrected chi connectivity index (χ1v) is 12.7. The summed E-state index contributed by atoms with van der Waals surface area (Å²) in [6.45, 7) is 1.05. The molecule has 32 heavy (non-hydrogen) atoms. The molecule has 9 heteroatoms. The van der Waals surface area contributed by atoms with Crippen LogP contribution in [0.25, 0.3) is 22.0 Å². The lowest BCUT2D eigenvalue weighted by Gasteiger charge is -2.13. The van der Waals surface area contributed by atoms with Gasteiger partial charge < -0.3 is 4.57 Å². The Kier molecular flexibility index (Phi) is 5.32. The van der Waals surface area contributed by atoms with Gasteiger partial charge in [-0.05, 0) is 35.7 Å². The molecule has 7 nitrogen and oxygen atoms in total. The third kappa shape index (κ3) is 3.83. The highest BCUT2D eigenvalue weighted by Crippen LogP contribution is 2.28. The summed E-state index contributed by atoms with van der Waals surface area (Å²) in [5.41, 5.74) is 2.02. The maximum Gasteiger partial charge on any atom is 0.274 e. The Morgan fingerprint density at radius 2 is 1.81 bits per heavy atom. The van der Waals surface area contributed by atoms with Crippen molar-refractivity contribution in [3.63, 3.8) is 0 Å². The number of nitrogens with zero attached hydrogens (tertiary/aromatic N) is 3. The standard InChI is InChI=1S/C23H22N4O3S2/c1-26-14-19(32(29,30)27-10-4-5-11-27)13-21(26)22(28)25-23-24-20(15-31-23)18-9-8-16-6-2-3-7-17(16)12-18/h2-3,6-9,12-15H,4-5,10-11H2,1H3,(H,24,25,28). The van der Waals surface area contributed by atoms with Crippen LogP contribution in [0.2, 0.25) is 0 Å². The lowest BCUT2D eigenvalue weighted by molar-refractivity contribution is 0.101. The Morgan fingerprint density at radius 3 is 2.59 bits per heavy atom. The van der Waals surface area contributed by atoms with E-state index in [9.17, 15) is 13.2 Å². The fourth-order valence-electron chi connectivity index (χ4n) is 3.95. The summed E-state index contributed by atoms with van der Waals surface area (Å²) in [5.74, 6) is -0.394. The van der Waals surface area contributed by atoms with E-state index >= 15 is 0 Å². The number of hydrogen-bond acceptors (Lipinski definition) is 5. The number of thiazole rings is 1. The smallest absolute Gasteiger partial charge is 0.274 e. The zero-order valence-corrected chi connectivity index (χ0v) is 19.1. The van der Waals surface area contributed by atoms with E-state index in [0.717, 1.165) is 34.9 Å². The summed E-state index contributed by atoms with van der Waals surface area (Å²) in [6, 6.07) is 15.7. The fourth-order valence-corrected chi connectivity index (χ4v) is 6.26. The van der Waals surface area contributed by atoms with E-state index in [-0.39, 0.29) is 10.6 Å². The number of aryl methyl sites for hydroxylation is 1. The number of amides is 1. The predicted octanol–water partition coefficient (Wildman–Crippen LogP) is 4.34. The maximum absolute atomic E-state index is 12.8. The third-order valence-corrected chi connectivity index (χ3v) is 8.31. The van der Waals surface area contributed by atoms with Crippen molar-refractivity contribution in [1.82, 2.24) is 13.9 Å². The number of carbonyl (C=O) groups excluding carboxylic acids is 1. The first-order valence-electron chi connectivity index (χ1n) is 10.3. The zero-order valence-electron chi connectivity index (χ0n) is 17.5. The van der Waals surface area contributed by atoms with E-state index in [1.54, 1.807) is 7.05 Å². The molecule has 164 valence electrons. The van der Waals surface area contributed by atoms with E-state index in [1.807, 2.05) is 23.6 Å². The van der Waals surface area contributed by atoms with Gasteiger partial charge in [-0.1, -0.05) is 36.4 Å². The van der Waals surface area contributed by atoms with Crippen LogP contribution in [0.4, 0.5) is 5.13 Å². The molecular formula is C23H22N4O3S2. The molecule has 5 rings (SSSR count). The van der Waals surface area contributed by atoms with Crippen LogP contribution >= 0.6 is 11.3 Å². The fraction of sp³-hybridized carbons (Fsp3) is 0.217. The largest absolute Gasteiger partial charge is 0.345 e. The lowest BCUT2D eigenvalue weighted by Crippen LogP contribution is -2.27. The molecule has 0 atom stereocenters. The summed E-state index contributed by atoms with van der Waals surface area (Å²) in [6.07, 6.45) is 3.22. The zero-order chi connectivity index (χ0) is 22.3. The van der Waals surface area contributed by atoms with Gasteiger partial charge in [0.15, 0.2) is 5.13 Å². The van der Waals surface area contributed by atoms with Crippen molar-refractivity contribution < 1.29 is 13.2 Å².